The summed E-state index contributed by atoms with van der Waals surface area (Å²) in [6.07, 6.45) is 1.53. The molecular formula is C9H14N4O2. The van der Waals surface area contributed by atoms with Gasteiger partial charge in [0, 0.05) is 18.5 Å². The van der Waals surface area contributed by atoms with Gasteiger partial charge in [0.1, 0.15) is 5.69 Å². The van der Waals surface area contributed by atoms with Gasteiger partial charge in [-0.2, -0.15) is 0 Å². The lowest BCUT2D eigenvalue weighted by atomic mass is 9.87. The fourth-order valence-electron chi connectivity index (χ4n) is 1.71. The highest BCUT2D eigenvalue weighted by atomic mass is 16.6. The van der Waals surface area contributed by atoms with E-state index in [1.54, 1.807) is 0 Å². The first kappa shape index (κ1) is 10.1. The molecule has 2 heterocycles. The third-order valence-corrected chi connectivity index (χ3v) is 2.66. The highest BCUT2D eigenvalue weighted by molar-refractivity contribution is 5.85. The number of hydrogen-bond acceptors (Lipinski definition) is 5. The van der Waals surface area contributed by atoms with Crippen LogP contribution in [-0.2, 0) is 11.3 Å². The normalized spacial score (nSPS) is 24.1. The summed E-state index contributed by atoms with van der Waals surface area (Å²) < 4.78 is 4.47. The van der Waals surface area contributed by atoms with Crippen molar-refractivity contribution in [2.75, 3.05) is 6.54 Å². The summed E-state index contributed by atoms with van der Waals surface area (Å²) in [5.41, 5.74) is 0.624. The summed E-state index contributed by atoms with van der Waals surface area (Å²) in [6.45, 7) is 5.28. The summed E-state index contributed by atoms with van der Waals surface area (Å²) in [5, 5.41) is 13.1. The molecule has 6 heteroatoms. The molecule has 2 rings (SSSR count). The van der Waals surface area contributed by atoms with Gasteiger partial charge in [-0.25, -0.2) is 4.63 Å². The van der Waals surface area contributed by atoms with E-state index in [-0.39, 0.29) is 17.4 Å². The Bertz CT molecular complexity index is 347. The Morgan fingerprint density at radius 3 is 3.07 bits per heavy atom. The van der Waals surface area contributed by atoms with Crippen LogP contribution in [0.5, 0.6) is 0 Å². The minimum absolute atomic E-state index is 0.0384. The van der Waals surface area contributed by atoms with E-state index in [0.717, 1.165) is 0 Å². The molecule has 15 heavy (non-hydrogen) atoms. The first-order valence-electron chi connectivity index (χ1n) is 4.87. The van der Waals surface area contributed by atoms with Gasteiger partial charge in [0.15, 0.2) is 0 Å². The molecule has 0 bridgehead atoms. The van der Waals surface area contributed by atoms with Crippen LogP contribution in [0.15, 0.2) is 10.8 Å². The Balaban J connectivity index is 1.96. The number of rotatable bonds is 3. The molecule has 1 aromatic heterocycles. The van der Waals surface area contributed by atoms with E-state index < -0.39 is 0 Å². The molecule has 1 aliphatic heterocycles. The summed E-state index contributed by atoms with van der Waals surface area (Å²) in [5.74, 6) is 0.0384. The maximum Gasteiger partial charge on any atom is 0.237 e. The van der Waals surface area contributed by atoms with Crippen molar-refractivity contribution in [1.29, 1.82) is 0 Å². The highest BCUT2D eigenvalue weighted by Crippen LogP contribution is 2.24. The lowest BCUT2D eigenvalue weighted by molar-refractivity contribution is -0.121. The van der Waals surface area contributed by atoms with Crippen LogP contribution < -0.4 is 10.6 Å². The SMILES string of the molecule is CC1(C)CNC(=O)C1NCc1cnon1. The van der Waals surface area contributed by atoms with Crippen molar-refractivity contribution >= 4 is 5.91 Å². The van der Waals surface area contributed by atoms with Crippen LogP contribution in [-0.4, -0.2) is 28.8 Å². The van der Waals surface area contributed by atoms with Gasteiger partial charge in [-0.15, -0.1) is 0 Å². The fourth-order valence-corrected chi connectivity index (χ4v) is 1.71. The van der Waals surface area contributed by atoms with Gasteiger partial charge in [0.05, 0.1) is 12.2 Å². The molecule has 6 nitrogen and oxygen atoms in total. The van der Waals surface area contributed by atoms with Crippen molar-refractivity contribution in [3.05, 3.63) is 11.9 Å². The smallest absolute Gasteiger partial charge is 0.237 e. The molecule has 1 aromatic rings. The van der Waals surface area contributed by atoms with E-state index in [0.29, 0.717) is 18.8 Å². The minimum atomic E-state index is -0.186. The van der Waals surface area contributed by atoms with E-state index in [4.69, 9.17) is 0 Å². The van der Waals surface area contributed by atoms with E-state index in [2.05, 4.69) is 25.6 Å². The molecule has 1 saturated heterocycles. The van der Waals surface area contributed by atoms with Crippen LogP contribution in [0, 0.1) is 5.41 Å². The predicted molar refractivity (Wildman–Crippen MR) is 51.7 cm³/mol. The number of aromatic nitrogens is 2. The molecule has 0 spiro atoms. The highest BCUT2D eigenvalue weighted by Gasteiger charge is 2.40. The van der Waals surface area contributed by atoms with Gasteiger partial charge in [-0.3, -0.25) is 10.1 Å². The monoisotopic (exact) mass is 210 g/mol. The largest absolute Gasteiger partial charge is 0.354 e. The molecule has 1 amide bonds. The molecule has 2 N–H and O–H groups in total. The Morgan fingerprint density at radius 2 is 2.53 bits per heavy atom. The molecule has 1 unspecified atom stereocenters. The zero-order valence-corrected chi connectivity index (χ0v) is 8.78. The molecule has 1 aliphatic rings. The quantitative estimate of drug-likeness (QED) is 0.715. The number of carbonyl (C=O) groups is 1. The minimum Gasteiger partial charge on any atom is -0.354 e. The molecule has 1 fully saturated rings. The standard InChI is InChI=1S/C9H14N4O2/c1-9(2)5-11-8(14)7(9)10-3-6-4-12-15-13-6/h4,7,10H,3,5H2,1-2H3,(H,11,14). The lowest BCUT2D eigenvalue weighted by Crippen LogP contribution is -2.43. The number of nitrogens with one attached hydrogen (secondary N) is 2. The maximum atomic E-state index is 11.5. The fraction of sp³-hybridized carbons (Fsp3) is 0.667. The summed E-state index contributed by atoms with van der Waals surface area (Å²) in [7, 11) is 0. The Hall–Kier alpha value is -1.43. The van der Waals surface area contributed by atoms with Crippen molar-refractivity contribution in [2.24, 2.45) is 5.41 Å². The molecule has 0 aliphatic carbocycles. The molecule has 0 aromatic carbocycles. The van der Waals surface area contributed by atoms with E-state index in [1.165, 1.54) is 6.20 Å². The topological polar surface area (TPSA) is 80.0 Å². The number of hydrogen-bond donors (Lipinski definition) is 2. The Morgan fingerprint density at radius 1 is 1.73 bits per heavy atom. The van der Waals surface area contributed by atoms with Crippen molar-refractivity contribution in [3.8, 4) is 0 Å². The van der Waals surface area contributed by atoms with Crippen LogP contribution in [0.3, 0.4) is 0 Å². The van der Waals surface area contributed by atoms with Crippen molar-refractivity contribution < 1.29 is 9.42 Å². The first-order valence-corrected chi connectivity index (χ1v) is 4.87. The summed E-state index contributed by atoms with van der Waals surface area (Å²) >= 11 is 0. The Labute approximate surface area is 87.4 Å². The third kappa shape index (κ3) is 1.99. The first-order chi connectivity index (χ1) is 7.09. The van der Waals surface area contributed by atoms with E-state index >= 15 is 0 Å². The number of nitrogens with zero attached hydrogens (tertiary/aromatic N) is 2. The third-order valence-electron chi connectivity index (χ3n) is 2.66. The van der Waals surface area contributed by atoms with Gasteiger partial charge in [0.2, 0.25) is 5.91 Å². The zero-order valence-electron chi connectivity index (χ0n) is 8.78. The molecule has 0 radical (unpaired) electrons. The Kier molecular flexibility index (Phi) is 2.44. The van der Waals surface area contributed by atoms with Gasteiger partial charge < -0.3 is 5.32 Å². The summed E-state index contributed by atoms with van der Waals surface area (Å²) in [6, 6.07) is -0.186. The van der Waals surface area contributed by atoms with Gasteiger partial charge in [0.25, 0.3) is 0 Å². The second kappa shape index (κ2) is 3.62. The number of amides is 1. The molecule has 1 atom stereocenters. The van der Waals surface area contributed by atoms with Crippen molar-refractivity contribution in [3.63, 3.8) is 0 Å². The molecule has 82 valence electrons. The average Bonchev–Trinajstić information content (AvgIpc) is 2.74. The second-order valence-corrected chi connectivity index (χ2v) is 4.42. The van der Waals surface area contributed by atoms with Gasteiger partial charge in [-0.1, -0.05) is 24.2 Å². The van der Waals surface area contributed by atoms with Crippen LogP contribution in [0.1, 0.15) is 19.5 Å². The van der Waals surface area contributed by atoms with Crippen molar-refractivity contribution in [1.82, 2.24) is 20.9 Å². The van der Waals surface area contributed by atoms with Crippen LogP contribution >= 0.6 is 0 Å². The maximum absolute atomic E-state index is 11.5. The molecular weight excluding hydrogens is 196 g/mol. The van der Waals surface area contributed by atoms with E-state index in [1.807, 2.05) is 13.8 Å². The van der Waals surface area contributed by atoms with Crippen LogP contribution in [0.2, 0.25) is 0 Å². The molecule has 0 saturated carbocycles. The second-order valence-electron chi connectivity index (χ2n) is 4.42. The predicted octanol–water partition coefficient (Wildman–Crippen LogP) is -0.316. The van der Waals surface area contributed by atoms with Crippen molar-refractivity contribution in [2.45, 2.75) is 26.4 Å². The lowest BCUT2D eigenvalue weighted by Gasteiger charge is -2.23. The van der Waals surface area contributed by atoms with Gasteiger partial charge in [-0.05, 0) is 0 Å². The zero-order chi connectivity index (χ0) is 10.9. The van der Waals surface area contributed by atoms with Gasteiger partial charge >= 0.3 is 0 Å². The van der Waals surface area contributed by atoms with E-state index in [9.17, 15) is 4.79 Å². The van der Waals surface area contributed by atoms with Crippen LogP contribution in [0.25, 0.3) is 0 Å². The van der Waals surface area contributed by atoms with Crippen LogP contribution in [0.4, 0.5) is 0 Å². The summed E-state index contributed by atoms with van der Waals surface area (Å²) in [4.78, 5) is 11.5. The average molecular weight is 210 g/mol. The number of carbonyl (C=O) groups excluding carboxylic acids is 1.